The number of hydrogen-bond acceptors (Lipinski definition) is 5. The lowest BCUT2D eigenvalue weighted by molar-refractivity contribution is -0.142. The number of benzene rings is 2. The molecular weight excluding hydrogens is 405 g/mol. The van der Waals surface area contributed by atoms with Crippen LogP contribution in [0.1, 0.15) is 12.0 Å². The summed E-state index contributed by atoms with van der Waals surface area (Å²) in [6, 6.07) is 14.0. The highest BCUT2D eigenvalue weighted by Gasteiger charge is 2.39. The Kier molecular flexibility index (Phi) is 5.85. The molecule has 6 nitrogen and oxygen atoms in total. The Hall–Kier alpha value is -3.13. The number of methoxy groups -OCH3 is 1. The first-order valence-electron chi connectivity index (χ1n) is 9.49. The summed E-state index contributed by atoms with van der Waals surface area (Å²) in [5.41, 5.74) is 2.44. The van der Waals surface area contributed by atoms with Crippen LogP contribution in [0.5, 0.6) is 0 Å². The van der Waals surface area contributed by atoms with Crippen molar-refractivity contribution in [2.24, 2.45) is 4.99 Å². The largest absolute Gasteiger partial charge is 0.469 e. The van der Waals surface area contributed by atoms with Gasteiger partial charge in [-0.2, -0.15) is 0 Å². The molecule has 1 aliphatic heterocycles. The van der Waals surface area contributed by atoms with E-state index in [2.05, 4.69) is 9.98 Å². The summed E-state index contributed by atoms with van der Waals surface area (Å²) >= 11 is 1.28. The van der Waals surface area contributed by atoms with E-state index < -0.39 is 11.2 Å². The van der Waals surface area contributed by atoms with E-state index in [0.717, 1.165) is 16.6 Å². The first-order valence-corrected chi connectivity index (χ1v) is 10.4. The molecule has 1 amide bonds. The van der Waals surface area contributed by atoms with Crippen LogP contribution in [0.15, 0.2) is 59.7 Å². The van der Waals surface area contributed by atoms with Crippen molar-refractivity contribution in [1.82, 2.24) is 9.88 Å². The first kappa shape index (κ1) is 20.2. The Balaban J connectivity index is 1.57. The second-order valence-electron chi connectivity index (χ2n) is 6.86. The van der Waals surface area contributed by atoms with E-state index in [0.29, 0.717) is 23.6 Å². The summed E-state index contributed by atoms with van der Waals surface area (Å²) in [7, 11) is 1.31. The summed E-state index contributed by atoms with van der Waals surface area (Å²) in [4.78, 5) is 34.0. The summed E-state index contributed by atoms with van der Waals surface area (Å²) in [6.07, 6.45) is 2.39. The van der Waals surface area contributed by atoms with Gasteiger partial charge in [0.05, 0.1) is 19.2 Å². The lowest BCUT2D eigenvalue weighted by Crippen LogP contribution is -2.34. The van der Waals surface area contributed by atoms with Crippen LogP contribution in [0, 0.1) is 5.82 Å². The van der Waals surface area contributed by atoms with Crippen LogP contribution < -0.4 is 0 Å². The Morgan fingerprint density at radius 2 is 2.07 bits per heavy atom. The van der Waals surface area contributed by atoms with Crippen molar-refractivity contribution in [2.45, 2.75) is 18.1 Å². The fourth-order valence-corrected chi connectivity index (χ4v) is 4.54. The third kappa shape index (κ3) is 4.23. The van der Waals surface area contributed by atoms with Crippen LogP contribution in [0.3, 0.4) is 0 Å². The van der Waals surface area contributed by atoms with Crippen LogP contribution in [0.2, 0.25) is 0 Å². The number of hydrogen-bond donors (Lipinski definition) is 1. The Bertz CT molecular complexity index is 1110. The second kappa shape index (κ2) is 8.71. The van der Waals surface area contributed by atoms with Crippen molar-refractivity contribution in [3.05, 3.63) is 66.1 Å². The molecule has 1 aromatic heterocycles. The quantitative estimate of drug-likeness (QED) is 0.605. The molecule has 1 fully saturated rings. The van der Waals surface area contributed by atoms with Crippen LogP contribution in [0.25, 0.3) is 10.9 Å². The number of H-pyrrole nitrogens is 1. The lowest BCUT2D eigenvalue weighted by Gasteiger charge is -2.16. The van der Waals surface area contributed by atoms with Crippen LogP contribution in [-0.2, 0) is 20.7 Å². The van der Waals surface area contributed by atoms with Crippen molar-refractivity contribution in [3.63, 3.8) is 0 Å². The van der Waals surface area contributed by atoms with Crippen LogP contribution >= 0.6 is 11.8 Å². The molecular formula is C22H20FN3O3S. The van der Waals surface area contributed by atoms with Crippen molar-refractivity contribution in [2.75, 3.05) is 13.7 Å². The molecule has 3 aromatic rings. The molecule has 4 rings (SSSR count). The number of nitrogens with one attached hydrogen (secondary N) is 1. The van der Waals surface area contributed by atoms with Gasteiger partial charge >= 0.3 is 5.97 Å². The molecule has 30 heavy (non-hydrogen) atoms. The van der Waals surface area contributed by atoms with E-state index in [1.54, 1.807) is 11.0 Å². The van der Waals surface area contributed by atoms with E-state index >= 15 is 0 Å². The van der Waals surface area contributed by atoms with Crippen molar-refractivity contribution >= 4 is 45.4 Å². The number of amidine groups is 1. The number of fused-ring (bicyclic) bond motifs is 1. The molecule has 0 radical (unpaired) electrons. The van der Waals surface area contributed by atoms with Gasteiger partial charge in [-0.3, -0.25) is 14.5 Å². The molecule has 8 heteroatoms. The van der Waals surface area contributed by atoms with Gasteiger partial charge < -0.3 is 9.72 Å². The van der Waals surface area contributed by atoms with Gasteiger partial charge in [-0.25, -0.2) is 9.38 Å². The minimum absolute atomic E-state index is 0.00330. The highest BCUT2D eigenvalue weighted by Crippen LogP contribution is 2.32. The number of aliphatic imine (C=N–C) groups is 1. The zero-order chi connectivity index (χ0) is 21.1. The summed E-state index contributed by atoms with van der Waals surface area (Å²) in [6.45, 7) is 0.402. The third-order valence-corrected chi connectivity index (χ3v) is 6.09. The standard InChI is InChI=1S/C22H20FN3O3S/c1-29-20(27)12-19-21(28)26(22(30-19)25-16-5-3-2-4-6-16)10-9-14-13-24-18-11-15(23)7-8-17(14)18/h2-8,11,13,19,24H,9-10,12H2,1H3. The van der Waals surface area contributed by atoms with Gasteiger partial charge in [0.15, 0.2) is 5.17 Å². The molecule has 1 atom stereocenters. The lowest BCUT2D eigenvalue weighted by atomic mass is 10.1. The minimum Gasteiger partial charge on any atom is -0.469 e. The molecule has 2 heterocycles. The van der Waals surface area contributed by atoms with E-state index in [9.17, 15) is 14.0 Å². The third-order valence-electron chi connectivity index (χ3n) is 4.91. The van der Waals surface area contributed by atoms with E-state index in [1.165, 1.54) is 31.0 Å². The zero-order valence-electron chi connectivity index (χ0n) is 16.3. The monoisotopic (exact) mass is 425 g/mol. The van der Waals surface area contributed by atoms with Crippen molar-refractivity contribution in [1.29, 1.82) is 0 Å². The Morgan fingerprint density at radius 3 is 2.83 bits per heavy atom. The average Bonchev–Trinajstić information content (AvgIpc) is 3.27. The number of aromatic nitrogens is 1. The number of para-hydroxylation sites is 1. The smallest absolute Gasteiger partial charge is 0.307 e. The van der Waals surface area contributed by atoms with Gasteiger partial charge in [0, 0.05) is 23.6 Å². The Morgan fingerprint density at radius 1 is 1.27 bits per heavy atom. The number of carbonyl (C=O) groups excluding carboxylic acids is 2. The predicted octanol–water partition coefficient (Wildman–Crippen LogP) is 4.04. The van der Waals surface area contributed by atoms with Crippen molar-refractivity contribution < 1.29 is 18.7 Å². The maximum Gasteiger partial charge on any atom is 0.307 e. The number of amides is 1. The van der Waals surface area contributed by atoms with Crippen LogP contribution in [0.4, 0.5) is 10.1 Å². The number of ether oxygens (including phenoxy) is 1. The number of thioether (sulfide) groups is 1. The van der Waals surface area contributed by atoms with Crippen molar-refractivity contribution in [3.8, 4) is 0 Å². The number of nitrogens with zero attached hydrogens (tertiary/aromatic N) is 2. The summed E-state index contributed by atoms with van der Waals surface area (Å²) in [5, 5.41) is 0.923. The van der Waals surface area contributed by atoms with Gasteiger partial charge in [0.1, 0.15) is 11.1 Å². The number of carbonyl (C=O) groups is 2. The SMILES string of the molecule is COC(=O)CC1SC(=Nc2ccccc2)N(CCc2c[nH]c3cc(F)ccc23)C1=O. The highest BCUT2D eigenvalue weighted by molar-refractivity contribution is 8.15. The number of esters is 1. The Labute approximate surface area is 177 Å². The van der Waals surface area contributed by atoms with Gasteiger partial charge in [0.2, 0.25) is 5.91 Å². The molecule has 1 saturated heterocycles. The molecule has 0 bridgehead atoms. The van der Waals surface area contributed by atoms with Gasteiger partial charge in [-0.1, -0.05) is 30.0 Å². The van der Waals surface area contributed by atoms with Gasteiger partial charge in [-0.05, 0) is 42.3 Å². The molecule has 1 unspecified atom stereocenters. The highest BCUT2D eigenvalue weighted by atomic mass is 32.2. The predicted molar refractivity (Wildman–Crippen MR) is 115 cm³/mol. The molecule has 1 N–H and O–H groups in total. The maximum atomic E-state index is 13.4. The van der Waals surface area contributed by atoms with E-state index in [4.69, 9.17) is 4.74 Å². The average molecular weight is 425 g/mol. The van der Waals surface area contributed by atoms with Crippen LogP contribution in [-0.4, -0.2) is 45.8 Å². The fourth-order valence-electron chi connectivity index (χ4n) is 3.38. The first-order chi connectivity index (χ1) is 14.5. The zero-order valence-corrected chi connectivity index (χ0v) is 17.1. The molecule has 2 aromatic carbocycles. The van der Waals surface area contributed by atoms with Gasteiger partial charge in [0.25, 0.3) is 0 Å². The number of halogens is 1. The molecule has 1 aliphatic rings. The molecule has 154 valence electrons. The summed E-state index contributed by atoms with van der Waals surface area (Å²) < 4.78 is 18.2. The summed E-state index contributed by atoms with van der Waals surface area (Å²) in [5.74, 6) is -0.892. The number of aromatic amines is 1. The normalized spacial score (nSPS) is 17.8. The van der Waals surface area contributed by atoms with E-state index in [-0.39, 0.29) is 18.1 Å². The minimum atomic E-state index is -0.558. The molecule has 0 saturated carbocycles. The topological polar surface area (TPSA) is 74.8 Å². The fraction of sp³-hybridized carbons (Fsp3) is 0.227. The number of rotatable bonds is 6. The second-order valence-corrected chi connectivity index (χ2v) is 8.03. The maximum absolute atomic E-state index is 13.4. The molecule has 0 spiro atoms. The van der Waals surface area contributed by atoms with Gasteiger partial charge in [-0.15, -0.1) is 0 Å². The molecule has 0 aliphatic carbocycles. The van der Waals surface area contributed by atoms with E-state index in [1.807, 2.05) is 36.5 Å².